The number of hydrogen-bond donors (Lipinski definition) is 0. The summed E-state index contributed by atoms with van der Waals surface area (Å²) in [6.45, 7) is 1.53. The van der Waals surface area contributed by atoms with Gasteiger partial charge in [-0.05, 0) is 24.8 Å². The fourth-order valence-corrected chi connectivity index (χ4v) is 2.34. The van der Waals surface area contributed by atoms with E-state index in [0.29, 0.717) is 24.2 Å². The van der Waals surface area contributed by atoms with Crippen LogP contribution in [0.1, 0.15) is 25.7 Å². The normalized spacial score (nSPS) is 23.1. The zero-order valence-corrected chi connectivity index (χ0v) is 10.4. The van der Waals surface area contributed by atoms with E-state index < -0.39 is 0 Å². The number of aromatic nitrogens is 1. The zero-order valence-electron chi connectivity index (χ0n) is 10.4. The minimum absolute atomic E-state index is 0.100. The maximum absolute atomic E-state index is 11.9. The predicted molar refractivity (Wildman–Crippen MR) is 67.2 cm³/mol. The first kappa shape index (κ1) is 11.5. The van der Waals surface area contributed by atoms with E-state index in [0.717, 1.165) is 19.4 Å². The van der Waals surface area contributed by atoms with Gasteiger partial charge in [0.2, 0.25) is 11.8 Å². The molecule has 0 N–H and O–H groups in total. The van der Waals surface area contributed by atoms with Crippen molar-refractivity contribution in [3.63, 3.8) is 0 Å². The SMILES string of the molecule is O=C(CC1CC1)N1CC[C@@H](Oc2ccccn2)C1. The molecule has 0 bridgehead atoms. The molecule has 4 nitrogen and oxygen atoms in total. The van der Waals surface area contributed by atoms with Gasteiger partial charge >= 0.3 is 0 Å². The summed E-state index contributed by atoms with van der Waals surface area (Å²) in [7, 11) is 0. The first-order valence-electron chi connectivity index (χ1n) is 6.67. The molecule has 3 rings (SSSR count). The number of hydrogen-bond acceptors (Lipinski definition) is 3. The molecule has 1 amide bonds. The Morgan fingerprint density at radius 2 is 2.28 bits per heavy atom. The average molecular weight is 246 g/mol. The third-order valence-corrected chi connectivity index (χ3v) is 3.58. The Kier molecular flexibility index (Phi) is 3.17. The van der Waals surface area contributed by atoms with Gasteiger partial charge in [0.15, 0.2) is 0 Å². The van der Waals surface area contributed by atoms with E-state index in [1.54, 1.807) is 6.20 Å². The van der Waals surface area contributed by atoms with Crippen LogP contribution < -0.4 is 4.74 Å². The highest BCUT2D eigenvalue weighted by Crippen LogP contribution is 2.33. The Hall–Kier alpha value is -1.58. The van der Waals surface area contributed by atoms with Gasteiger partial charge in [-0.15, -0.1) is 0 Å². The molecule has 1 aliphatic carbocycles. The molecule has 0 unspecified atom stereocenters. The lowest BCUT2D eigenvalue weighted by Gasteiger charge is -2.16. The van der Waals surface area contributed by atoms with E-state index in [1.807, 2.05) is 23.1 Å². The van der Waals surface area contributed by atoms with Gasteiger partial charge < -0.3 is 9.64 Å². The summed E-state index contributed by atoms with van der Waals surface area (Å²) in [5.41, 5.74) is 0. The second kappa shape index (κ2) is 4.96. The largest absolute Gasteiger partial charge is 0.472 e. The van der Waals surface area contributed by atoms with Crippen LogP contribution in [0.2, 0.25) is 0 Å². The fourth-order valence-electron chi connectivity index (χ4n) is 2.34. The summed E-state index contributed by atoms with van der Waals surface area (Å²) in [5.74, 6) is 1.61. The molecule has 1 saturated heterocycles. The van der Waals surface area contributed by atoms with Crippen LogP contribution in [0.4, 0.5) is 0 Å². The molecule has 4 heteroatoms. The van der Waals surface area contributed by atoms with Gasteiger partial charge in [0, 0.05) is 31.6 Å². The van der Waals surface area contributed by atoms with Crippen LogP contribution in [0.25, 0.3) is 0 Å². The van der Waals surface area contributed by atoms with Crippen LogP contribution in [-0.2, 0) is 4.79 Å². The number of carbonyl (C=O) groups excluding carboxylic acids is 1. The quantitative estimate of drug-likeness (QED) is 0.814. The maximum atomic E-state index is 11.9. The highest BCUT2D eigenvalue weighted by Gasteiger charge is 2.31. The highest BCUT2D eigenvalue weighted by molar-refractivity contribution is 5.77. The standard InChI is InChI=1S/C14H18N2O2/c17-14(9-11-4-5-11)16-8-6-12(10-16)18-13-3-1-2-7-15-13/h1-3,7,11-12H,4-6,8-10H2/t12-/m1/s1. The lowest BCUT2D eigenvalue weighted by atomic mass is 10.2. The van der Waals surface area contributed by atoms with Gasteiger partial charge in [0.25, 0.3) is 0 Å². The van der Waals surface area contributed by atoms with Crippen LogP contribution in [0.5, 0.6) is 5.88 Å². The Morgan fingerprint density at radius 1 is 1.39 bits per heavy atom. The average Bonchev–Trinajstić information content (AvgIpc) is 3.07. The number of likely N-dealkylation sites (tertiary alicyclic amines) is 1. The number of carbonyl (C=O) groups is 1. The minimum Gasteiger partial charge on any atom is -0.472 e. The summed E-state index contributed by atoms with van der Waals surface area (Å²) in [4.78, 5) is 18.0. The van der Waals surface area contributed by atoms with E-state index in [4.69, 9.17) is 4.74 Å². The topological polar surface area (TPSA) is 42.4 Å². The van der Waals surface area contributed by atoms with Crippen molar-refractivity contribution in [1.82, 2.24) is 9.88 Å². The second-order valence-corrected chi connectivity index (χ2v) is 5.18. The van der Waals surface area contributed by atoms with Gasteiger partial charge in [0.05, 0.1) is 6.54 Å². The minimum atomic E-state index is 0.100. The lowest BCUT2D eigenvalue weighted by molar-refractivity contribution is -0.130. The van der Waals surface area contributed by atoms with Gasteiger partial charge in [-0.3, -0.25) is 4.79 Å². The first-order chi connectivity index (χ1) is 8.81. The predicted octanol–water partition coefficient (Wildman–Crippen LogP) is 1.86. The van der Waals surface area contributed by atoms with E-state index in [2.05, 4.69) is 4.98 Å². The number of rotatable bonds is 4. The molecule has 1 atom stereocenters. The molecule has 96 valence electrons. The molecule has 2 aliphatic rings. The summed E-state index contributed by atoms with van der Waals surface area (Å²) >= 11 is 0. The number of nitrogens with zero attached hydrogens (tertiary/aromatic N) is 2. The molecule has 1 aromatic heterocycles. The number of pyridine rings is 1. The maximum Gasteiger partial charge on any atom is 0.222 e. The van der Waals surface area contributed by atoms with Crippen LogP contribution >= 0.6 is 0 Å². The number of amides is 1. The molecular weight excluding hydrogens is 228 g/mol. The Labute approximate surface area is 107 Å². The molecule has 18 heavy (non-hydrogen) atoms. The van der Waals surface area contributed by atoms with Crippen molar-refractivity contribution in [2.24, 2.45) is 5.92 Å². The van der Waals surface area contributed by atoms with Crippen molar-refractivity contribution in [3.05, 3.63) is 24.4 Å². The van der Waals surface area contributed by atoms with Crippen LogP contribution in [-0.4, -0.2) is 35.0 Å². The Balaban J connectivity index is 1.50. The molecule has 1 aliphatic heterocycles. The van der Waals surface area contributed by atoms with Gasteiger partial charge in [-0.1, -0.05) is 6.07 Å². The van der Waals surface area contributed by atoms with Crippen LogP contribution in [0.3, 0.4) is 0 Å². The van der Waals surface area contributed by atoms with E-state index in [-0.39, 0.29) is 6.10 Å². The van der Waals surface area contributed by atoms with Crippen molar-refractivity contribution in [2.45, 2.75) is 31.8 Å². The van der Waals surface area contributed by atoms with Crippen LogP contribution in [0, 0.1) is 5.92 Å². The highest BCUT2D eigenvalue weighted by atomic mass is 16.5. The smallest absolute Gasteiger partial charge is 0.222 e. The lowest BCUT2D eigenvalue weighted by Crippen LogP contribution is -2.31. The molecule has 0 radical (unpaired) electrons. The third-order valence-electron chi connectivity index (χ3n) is 3.58. The Bertz CT molecular complexity index is 417. The third kappa shape index (κ3) is 2.81. The summed E-state index contributed by atoms with van der Waals surface area (Å²) in [6, 6.07) is 5.63. The fraction of sp³-hybridized carbons (Fsp3) is 0.571. The molecule has 1 aromatic rings. The molecule has 0 aromatic carbocycles. The van der Waals surface area contributed by atoms with Gasteiger partial charge in [0.1, 0.15) is 6.10 Å². The van der Waals surface area contributed by atoms with Crippen molar-refractivity contribution in [1.29, 1.82) is 0 Å². The second-order valence-electron chi connectivity index (χ2n) is 5.18. The zero-order chi connectivity index (χ0) is 12.4. The van der Waals surface area contributed by atoms with E-state index in [1.165, 1.54) is 12.8 Å². The molecule has 0 spiro atoms. The molecule has 2 heterocycles. The molecule has 1 saturated carbocycles. The van der Waals surface area contributed by atoms with Gasteiger partial charge in [-0.2, -0.15) is 0 Å². The number of ether oxygens (including phenoxy) is 1. The van der Waals surface area contributed by atoms with Crippen molar-refractivity contribution >= 4 is 5.91 Å². The summed E-state index contributed by atoms with van der Waals surface area (Å²) < 4.78 is 5.77. The van der Waals surface area contributed by atoms with Gasteiger partial charge in [-0.25, -0.2) is 4.98 Å². The summed E-state index contributed by atoms with van der Waals surface area (Å²) in [5, 5.41) is 0. The van der Waals surface area contributed by atoms with Crippen LogP contribution in [0.15, 0.2) is 24.4 Å². The summed E-state index contributed by atoms with van der Waals surface area (Å²) in [6.07, 6.45) is 5.92. The van der Waals surface area contributed by atoms with Crippen molar-refractivity contribution in [2.75, 3.05) is 13.1 Å². The van der Waals surface area contributed by atoms with Crippen molar-refractivity contribution in [3.8, 4) is 5.88 Å². The Morgan fingerprint density at radius 3 is 3.00 bits per heavy atom. The molecular formula is C14H18N2O2. The first-order valence-corrected chi connectivity index (χ1v) is 6.67. The van der Waals surface area contributed by atoms with Crippen molar-refractivity contribution < 1.29 is 9.53 Å². The monoisotopic (exact) mass is 246 g/mol. The van der Waals surface area contributed by atoms with E-state index in [9.17, 15) is 4.79 Å². The molecule has 2 fully saturated rings. The van der Waals surface area contributed by atoms with E-state index >= 15 is 0 Å².